The van der Waals surface area contributed by atoms with Crippen LogP contribution in [-0.4, -0.2) is 35.9 Å². The van der Waals surface area contributed by atoms with Gasteiger partial charge in [0.05, 0.1) is 0 Å². The molecule has 0 radical (unpaired) electrons. The molecule has 0 aliphatic rings. The van der Waals surface area contributed by atoms with E-state index in [1.165, 1.54) is 0 Å². The van der Waals surface area contributed by atoms with E-state index in [1.54, 1.807) is 24.0 Å². The van der Waals surface area contributed by atoms with Gasteiger partial charge in [-0.25, -0.2) is 0 Å². The third kappa shape index (κ3) is 6.24. The molecule has 0 saturated carbocycles. The Bertz CT molecular complexity index is 1060. The Balaban J connectivity index is 1.76. The molecule has 0 aromatic heterocycles. The van der Waals surface area contributed by atoms with E-state index >= 15 is 0 Å². The summed E-state index contributed by atoms with van der Waals surface area (Å²) in [6, 6.07) is 20.2. The van der Waals surface area contributed by atoms with Crippen LogP contribution in [0.3, 0.4) is 0 Å². The van der Waals surface area contributed by atoms with Gasteiger partial charge in [-0.3, -0.25) is 9.59 Å². The summed E-state index contributed by atoms with van der Waals surface area (Å²) in [5.41, 5.74) is 0.886. The van der Waals surface area contributed by atoms with Crippen molar-refractivity contribution in [2.45, 2.75) is 33.4 Å². The number of carbonyl (C=O) groups excluding carboxylic acids is 2. The minimum Gasteiger partial charge on any atom is -0.483 e. The molecule has 1 N–H and O–H groups in total. The van der Waals surface area contributed by atoms with Gasteiger partial charge in [0.15, 0.2) is 6.61 Å². The van der Waals surface area contributed by atoms with Gasteiger partial charge in [0.1, 0.15) is 11.8 Å². The smallest absolute Gasteiger partial charge is 0.261 e. The number of carbonyl (C=O) groups is 2. The lowest BCUT2D eigenvalue weighted by molar-refractivity contribution is -0.142. The zero-order valence-electron chi connectivity index (χ0n) is 18.7. The highest BCUT2D eigenvalue weighted by atomic mass is 35.5. The predicted octanol–water partition coefficient (Wildman–Crippen LogP) is 5.06. The molecule has 6 heteroatoms. The van der Waals surface area contributed by atoms with Crippen molar-refractivity contribution < 1.29 is 14.3 Å². The number of hydrogen-bond donors (Lipinski definition) is 1. The molecule has 2 amide bonds. The highest BCUT2D eigenvalue weighted by molar-refractivity contribution is 6.30. The maximum absolute atomic E-state index is 13.2. The number of nitrogens with one attached hydrogen (secondary N) is 1. The molecule has 0 aliphatic carbocycles. The molecule has 0 aliphatic heterocycles. The van der Waals surface area contributed by atoms with Crippen LogP contribution >= 0.6 is 11.6 Å². The second-order valence-electron chi connectivity index (χ2n) is 8.23. The molecule has 0 unspecified atom stereocenters. The van der Waals surface area contributed by atoms with Crippen LogP contribution in [0.5, 0.6) is 5.75 Å². The average Bonchev–Trinajstić information content (AvgIpc) is 2.80. The largest absolute Gasteiger partial charge is 0.483 e. The van der Waals surface area contributed by atoms with E-state index in [0.29, 0.717) is 23.2 Å². The van der Waals surface area contributed by atoms with Gasteiger partial charge in [-0.15, -0.1) is 0 Å². The minimum atomic E-state index is -0.645. The van der Waals surface area contributed by atoms with Gasteiger partial charge in [0.25, 0.3) is 5.91 Å². The fraction of sp³-hybridized carbons (Fsp3) is 0.308. The number of nitrogens with zero attached hydrogens (tertiary/aromatic N) is 1. The molecule has 5 nitrogen and oxygen atoms in total. The van der Waals surface area contributed by atoms with Crippen LogP contribution in [0.25, 0.3) is 10.8 Å². The Morgan fingerprint density at radius 3 is 2.38 bits per heavy atom. The van der Waals surface area contributed by atoms with Gasteiger partial charge < -0.3 is 15.0 Å². The first kappa shape index (κ1) is 23.6. The number of amides is 2. The average molecular weight is 453 g/mol. The quantitative estimate of drug-likeness (QED) is 0.493. The van der Waals surface area contributed by atoms with Crippen LogP contribution in [0, 0.1) is 5.92 Å². The van der Waals surface area contributed by atoms with E-state index in [9.17, 15) is 9.59 Å². The highest BCUT2D eigenvalue weighted by Crippen LogP contribution is 2.25. The van der Waals surface area contributed by atoms with E-state index in [-0.39, 0.29) is 25.0 Å². The SMILES string of the molecule is CC(C)CNC(=O)[C@H](C)N(Cc1ccc(Cl)cc1)C(=O)COc1cccc2ccccc12. The molecule has 168 valence electrons. The van der Waals surface area contributed by atoms with Crippen molar-refractivity contribution in [2.75, 3.05) is 13.2 Å². The normalized spacial score (nSPS) is 11.9. The van der Waals surface area contributed by atoms with Gasteiger partial charge in [0, 0.05) is 23.5 Å². The number of ether oxygens (including phenoxy) is 1. The molecule has 3 aromatic carbocycles. The Labute approximate surface area is 194 Å². The van der Waals surface area contributed by atoms with E-state index in [4.69, 9.17) is 16.3 Å². The van der Waals surface area contributed by atoms with E-state index in [1.807, 2.05) is 68.4 Å². The molecule has 0 saturated heterocycles. The van der Waals surface area contributed by atoms with Crippen LogP contribution in [0.1, 0.15) is 26.3 Å². The molecule has 0 bridgehead atoms. The van der Waals surface area contributed by atoms with Crippen molar-refractivity contribution >= 4 is 34.2 Å². The molecule has 0 spiro atoms. The summed E-state index contributed by atoms with van der Waals surface area (Å²) >= 11 is 6.00. The summed E-state index contributed by atoms with van der Waals surface area (Å²) in [7, 11) is 0. The van der Waals surface area contributed by atoms with Crippen molar-refractivity contribution in [3.05, 3.63) is 77.3 Å². The summed E-state index contributed by atoms with van der Waals surface area (Å²) < 4.78 is 5.90. The second kappa shape index (κ2) is 11.0. The van der Waals surface area contributed by atoms with E-state index in [0.717, 1.165) is 16.3 Å². The number of benzene rings is 3. The molecule has 32 heavy (non-hydrogen) atoms. The van der Waals surface area contributed by atoms with Crippen molar-refractivity contribution in [3.8, 4) is 5.75 Å². The number of hydrogen-bond acceptors (Lipinski definition) is 3. The number of rotatable bonds is 9. The maximum atomic E-state index is 13.2. The van der Waals surface area contributed by atoms with Crippen LogP contribution in [0.15, 0.2) is 66.7 Å². The summed E-state index contributed by atoms with van der Waals surface area (Å²) in [6.45, 7) is 6.47. The Hall–Kier alpha value is -3.05. The summed E-state index contributed by atoms with van der Waals surface area (Å²) in [5.74, 6) is 0.507. The van der Waals surface area contributed by atoms with Gasteiger partial charge in [-0.2, -0.15) is 0 Å². The predicted molar refractivity (Wildman–Crippen MR) is 129 cm³/mol. The first-order valence-electron chi connectivity index (χ1n) is 10.8. The first-order valence-corrected chi connectivity index (χ1v) is 11.1. The van der Waals surface area contributed by atoms with Crippen LogP contribution in [-0.2, 0) is 16.1 Å². The van der Waals surface area contributed by atoms with Gasteiger partial charge in [-0.1, -0.05) is 74.0 Å². The molecule has 1 atom stereocenters. The lowest BCUT2D eigenvalue weighted by Crippen LogP contribution is -2.49. The van der Waals surface area contributed by atoms with E-state index < -0.39 is 6.04 Å². The number of fused-ring (bicyclic) bond motifs is 1. The molecular formula is C26H29ClN2O3. The fourth-order valence-corrected chi connectivity index (χ4v) is 3.49. The monoisotopic (exact) mass is 452 g/mol. The fourth-order valence-electron chi connectivity index (χ4n) is 3.37. The molecule has 3 rings (SSSR count). The molecule has 0 fully saturated rings. The zero-order valence-corrected chi connectivity index (χ0v) is 19.4. The third-order valence-electron chi connectivity index (χ3n) is 5.22. The zero-order chi connectivity index (χ0) is 23.1. The summed E-state index contributed by atoms with van der Waals surface area (Å²) in [4.78, 5) is 27.5. The summed E-state index contributed by atoms with van der Waals surface area (Å²) in [5, 5.41) is 5.51. The topological polar surface area (TPSA) is 58.6 Å². The van der Waals surface area contributed by atoms with Crippen LogP contribution < -0.4 is 10.1 Å². The second-order valence-corrected chi connectivity index (χ2v) is 8.67. The van der Waals surface area contributed by atoms with Crippen molar-refractivity contribution in [2.24, 2.45) is 5.92 Å². The Kier molecular flexibility index (Phi) is 8.12. The van der Waals surface area contributed by atoms with Gasteiger partial charge in [0.2, 0.25) is 5.91 Å². The Morgan fingerprint density at radius 2 is 1.66 bits per heavy atom. The van der Waals surface area contributed by atoms with Crippen molar-refractivity contribution in [1.29, 1.82) is 0 Å². The molecule has 3 aromatic rings. The van der Waals surface area contributed by atoms with Gasteiger partial charge >= 0.3 is 0 Å². The van der Waals surface area contributed by atoms with Crippen LogP contribution in [0.2, 0.25) is 5.02 Å². The lowest BCUT2D eigenvalue weighted by Gasteiger charge is -2.29. The number of halogens is 1. The third-order valence-corrected chi connectivity index (χ3v) is 5.47. The summed E-state index contributed by atoms with van der Waals surface area (Å²) in [6.07, 6.45) is 0. The minimum absolute atomic E-state index is 0.163. The maximum Gasteiger partial charge on any atom is 0.261 e. The molecular weight excluding hydrogens is 424 g/mol. The van der Waals surface area contributed by atoms with Crippen molar-refractivity contribution in [3.63, 3.8) is 0 Å². The Morgan fingerprint density at radius 1 is 0.969 bits per heavy atom. The van der Waals surface area contributed by atoms with Crippen LogP contribution in [0.4, 0.5) is 0 Å². The first-order chi connectivity index (χ1) is 15.3. The van der Waals surface area contributed by atoms with E-state index in [2.05, 4.69) is 5.32 Å². The van der Waals surface area contributed by atoms with Gasteiger partial charge in [-0.05, 0) is 42.0 Å². The highest BCUT2D eigenvalue weighted by Gasteiger charge is 2.26. The molecule has 0 heterocycles. The lowest BCUT2D eigenvalue weighted by atomic mass is 10.1. The standard InChI is InChI=1S/C26H29ClN2O3/c1-18(2)15-28-26(31)19(3)29(16-20-11-13-22(27)14-12-20)25(30)17-32-24-10-6-8-21-7-4-5-9-23(21)24/h4-14,18-19H,15-17H2,1-3H3,(H,28,31)/t19-/m0/s1. The van der Waals surface area contributed by atoms with Crippen molar-refractivity contribution in [1.82, 2.24) is 10.2 Å².